The zero-order chi connectivity index (χ0) is 20.2. The lowest BCUT2D eigenvalue weighted by Crippen LogP contribution is -2.35. The molecule has 1 aromatic heterocycles. The zero-order valence-corrected chi connectivity index (χ0v) is 14.4. The van der Waals surface area contributed by atoms with Crippen molar-refractivity contribution in [1.82, 2.24) is 15.1 Å². The normalized spacial score (nSPS) is 11.0. The van der Waals surface area contributed by atoms with Crippen LogP contribution in [0.4, 0.5) is 13.2 Å². The van der Waals surface area contributed by atoms with Crippen molar-refractivity contribution in [3.05, 3.63) is 57.0 Å². The SMILES string of the molecule is Cc1nn(CC(=O)NCc2ccccc2OC(F)(F)F)c(=O)c(C#N)c1C. The molecule has 2 aromatic rings. The second-order valence-electron chi connectivity index (χ2n) is 5.59. The molecule has 27 heavy (non-hydrogen) atoms. The van der Waals surface area contributed by atoms with Gasteiger partial charge in [0.1, 0.15) is 23.9 Å². The Hall–Kier alpha value is -3.35. The second-order valence-corrected chi connectivity index (χ2v) is 5.59. The van der Waals surface area contributed by atoms with Crippen LogP contribution in [0, 0.1) is 25.2 Å². The topological polar surface area (TPSA) is 97.0 Å². The van der Waals surface area contributed by atoms with Crippen LogP contribution in [0.5, 0.6) is 5.75 Å². The van der Waals surface area contributed by atoms with Gasteiger partial charge in [0.05, 0.1) is 5.69 Å². The fraction of sp³-hybridized carbons (Fsp3) is 0.294. The molecule has 7 nitrogen and oxygen atoms in total. The molecule has 1 N–H and O–H groups in total. The van der Waals surface area contributed by atoms with Crippen molar-refractivity contribution in [3.8, 4) is 11.8 Å². The van der Waals surface area contributed by atoms with Crippen LogP contribution in [-0.2, 0) is 17.9 Å². The summed E-state index contributed by atoms with van der Waals surface area (Å²) in [5.74, 6) is -1.09. The molecule has 0 aliphatic carbocycles. The summed E-state index contributed by atoms with van der Waals surface area (Å²) in [6.07, 6.45) is -4.86. The summed E-state index contributed by atoms with van der Waals surface area (Å²) < 4.78 is 42.0. The molecule has 1 heterocycles. The maximum absolute atomic E-state index is 12.4. The number of ether oxygens (including phenoxy) is 1. The van der Waals surface area contributed by atoms with Crippen molar-refractivity contribution in [2.75, 3.05) is 0 Å². The molecule has 10 heteroatoms. The van der Waals surface area contributed by atoms with Gasteiger partial charge in [-0.2, -0.15) is 10.4 Å². The smallest absolute Gasteiger partial charge is 0.405 e. The van der Waals surface area contributed by atoms with Crippen LogP contribution in [0.3, 0.4) is 0 Å². The average molecular weight is 380 g/mol. The molecule has 0 spiro atoms. The lowest BCUT2D eigenvalue weighted by atomic mass is 10.1. The molecule has 142 valence electrons. The van der Waals surface area contributed by atoms with E-state index in [0.717, 1.165) is 10.7 Å². The van der Waals surface area contributed by atoms with Crippen LogP contribution < -0.4 is 15.6 Å². The van der Waals surface area contributed by atoms with Gasteiger partial charge < -0.3 is 10.1 Å². The van der Waals surface area contributed by atoms with E-state index in [4.69, 9.17) is 5.26 Å². The molecule has 1 amide bonds. The summed E-state index contributed by atoms with van der Waals surface area (Å²) in [5, 5.41) is 15.4. The number of nitriles is 1. The van der Waals surface area contributed by atoms with Crippen molar-refractivity contribution in [2.24, 2.45) is 0 Å². The fourth-order valence-electron chi connectivity index (χ4n) is 2.27. The van der Waals surface area contributed by atoms with Crippen LogP contribution in [0.2, 0.25) is 0 Å². The zero-order valence-electron chi connectivity index (χ0n) is 14.4. The number of alkyl halides is 3. The Kier molecular flexibility index (Phi) is 5.85. The van der Waals surface area contributed by atoms with Gasteiger partial charge in [0.25, 0.3) is 5.56 Å². The molecule has 0 radical (unpaired) electrons. The predicted molar refractivity (Wildman–Crippen MR) is 87.7 cm³/mol. The van der Waals surface area contributed by atoms with Gasteiger partial charge in [-0.05, 0) is 25.5 Å². The Morgan fingerprint density at radius 2 is 2.00 bits per heavy atom. The van der Waals surface area contributed by atoms with Crippen LogP contribution in [-0.4, -0.2) is 22.1 Å². The minimum Gasteiger partial charge on any atom is -0.405 e. The Balaban J connectivity index is 2.12. The molecule has 0 aliphatic heterocycles. The number of nitrogens with one attached hydrogen (secondary N) is 1. The van der Waals surface area contributed by atoms with Crippen molar-refractivity contribution < 1.29 is 22.7 Å². The number of aromatic nitrogens is 2. The van der Waals surface area contributed by atoms with Gasteiger partial charge in [0.2, 0.25) is 5.91 Å². The van der Waals surface area contributed by atoms with Gasteiger partial charge in [-0.1, -0.05) is 18.2 Å². The molecule has 0 bridgehead atoms. The number of carbonyl (C=O) groups excluding carboxylic acids is 1. The molecule has 0 aliphatic rings. The fourth-order valence-corrected chi connectivity index (χ4v) is 2.27. The van der Waals surface area contributed by atoms with Crippen molar-refractivity contribution in [1.29, 1.82) is 5.26 Å². The number of aryl methyl sites for hydroxylation is 1. The summed E-state index contributed by atoms with van der Waals surface area (Å²) >= 11 is 0. The molecule has 0 saturated heterocycles. The van der Waals surface area contributed by atoms with Crippen LogP contribution in [0.25, 0.3) is 0 Å². The standard InChI is InChI=1S/C17H15F3N4O3/c1-10-11(2)23-24(16(26)13(10)7-21)9-15(25)22-8-12-5-3-4-6-14(12)27-17(18,19)20/h3-6H,8-9H2,1-2H3,(H,22,25). The van der Waals surface area contributed by atoms with Crippen molar-refractivity contribution in [3.63, 3.8) is 0 Å². The quantitative estimate of drug-likeness (QED) is 0.855. The van der Waals surface area contributed by atoms with Crippen molar-refractivity contribution >= 4 is 5.91 Å². The van der Waals surface area contributed by atoms with Gasteiger partial charge in [0, 0.05) is 12.1 Å². The first-order valence-electron chi connectivity index (χ1n) is 7.71. The highest BCUT2D eigenvalue weighted by atomic mass is 19.4. The third-order valence-corrected chi connectivity index (χ3v) is 3.72. The maximum atomic E-state index is 12.4. The molecular formula is C17H15F3N4O3. The van der Waals surface area contributed by atoms with Gasteiger partial charge in [-0.15, -0.1) is 13.2 Å². The Morgan fingerprint density at radius 1 is 1.33 bits per heavy atom. The monoisotopic (exact) mass is 380 g/mol. The first-order valence-corrected chi connectivity index (χ1v) is 7.71. The van der Waals surface area contributed by atoms with E-state index in [1.165, 1.54) is 18.2 Å². The molecule has 1 aromatic carbocycles. The Labute approximate surface area is 152 Å². The number of halogens is 3. The number of nitrogens with zero attached hydrogens (tertiary/aromatic N) is 3. The third-order valence-electron chi connectivity index (χ3n) is 3.72. The summed E-state index contributed by atoms with van der Waals surface area (Å²) in [4.78, 5) is 24.2. The van der Waals surface area contributed by atoms with E-state index in [2.05, 4.69) is 15.2 Å². The number of benzene rings is 1. The Bertz CT molecular complexity index is 961. The lowest BCUT2D eigenvalue weighted by Gasteiger charge is -2.14. The highest BCUT2D eigenvalue weighted by molar-refractivity contribution is 5.75. The lowest BCUT2D eigenvalue weighted by molar-refractivity contribution is -0.274. The summed E-state index contributed by atoms with van der Waals surface area (Å²) in [7, 11) is 0. The molecule has 0 fully saturated rings. The van der Waals surface area contributed by atoms with Crippen LogP contribution in [0.15, 0.2) is 29.1 Å². The van der Waals surface area contributed by atoms with Gasteiger partial charge >= 0.3 is 6.36 Å². The van der Waals surface area contributed by atoms with E-state index in [1.807, 2.05) is 0 Å². The van der Waals surface area contributed by atoms with E-state index in [-0.39, 0.29) is 17.7 Å². The first kappa shape index (κ1) is 20.0. The van der Waals surface area contributed by atoms with Gasteiger partial charge in [-0.25, -0.2) is 4.68 Å². The molecule has 0 saturated carbocycles. The number of rotatable bonds is 5. The summed E-state index contributed by atoms with van der Waals surface area (Å²) in [6.45, 7) is 2.45. The number of hydrogen-bond acceptors (Lipinski definition) is 5. The van der Waals surface area contributed by atoms with E-state index in [9.17, 15) is 22.8 Å². The van der Waals surface area contributed by atoms with Crippen LogP contribution >= 0.6 is 0 Å². The van der Waals surface area contributed by atoms with Crippen molar-refractivity contribution in [2.45, 2.75) is 33.3 Å². The minimum absolute atomic E-state index is 0.112. The first-order chi connectivity index (χ1) is 12.6. The van der Waals surface area contributed by atoms with E-state index < -0.39 is 30.1 Å². The minimum atomic E-state index is -4.86. The second kappa shape index (κ2) is 7.90. The number of amides is 1. The molecule has 0 atom stereocenters. The third kappa shape index (κ3) is 5.07. The Morgan fingerprint density at radius 3 is 2.63 bits per heavy atom. The molecule has 2 rings (SSSR count). The van der Waals surface area contributed by atoms with E-state index in [0.29, 0.717) is 11.3 Å². The summed E-state index contributed by atoms with van der Waals surface area (Å²) in [6, 6.07) is 7.14. The highest BCUT2D eigenvalue weighted by Gasteiger charge is 2.32. The van der Waals surface area contributed by atoms with Crippen LogP contribution in [0.1, 0.15) is 22.4 Å². The maximum Gasteiger partial charge on any atom is 0.573 e. The highest BCUT2D eigenvalue weighted by Crippen LogP contribution is 2.26. The van der Waals surface area contributed by atoms with E-state index in [1.54, 1.807) is 19.9 Å². The van der Waals surface area contributed by atoms with Gasteiger partial charge in [-0.3, -0.25) is 9.59 Å². The number of carbonyl (C=O) groups is 1. The number of hydrogen-bond donors (Lipinski definition) is 1. The van der Waals surface area contributed by atoms with E-state index >= 15 is 0 Å². The molecular weight excluding hydrogens is 365 g/mol. The largest absolute Gasteiger partial charge is 0.573 e. The summed E-state index contributed by atoms with van der Waals surface area (Å²) in [5.41, 5.74) is 0.136. The average Bonchev–Trinajstić information content (AvgIpc) is 2.58. The number of para-hydroxylation sites is 1. The predicted octanol–water partition coefficient (Wildman–Crippen LogP) is 1.95. The molecule has 0 unspecified atom stereocenters. The van der Waals surface area contributed by atoms with Gasteiger partial charge in [0.15, 0.2) is 0 Å².